The number of fused-ring (bicyclic) bond motifs is 3. The van der Waals surface area contributed by atoms with Crippen molar-refractivity contribution in [1.29, 1.82) is 0 Å². The van der Waals surface area contributed by atoms with E-state index in [1.807, 2.05) is 13.0 Å². The fraction of sp³-hybridized carbons (Fsp3) is 0.308. The number of hydrogen-bond donors (Lipinski definition) is 0. The van der Waals surface area contributed by atoms with Crippen LogP contribution in [0.2, 0.25) is 0 Å². The van der Waals surface area contributed by atoms with Gasteiger partial charge in [-0.05, 0) is 61.2 Å². The van der Waals surface area contributed by atoms with Crippen molar-refractivity contribution < 1.29 is 27.7 Å². The Morgan fingerprint density at radius 1 is 0.812 bits per heavy atom. The summed E-state index contributed by atoms with van der Waals surface area (Å²) in [5.41, 5.74) is 6.00. The summed E-state index contributed by atoms with van der Waals surface area (Å²) >= 11 is 0. The largest absolute Gasteiger partial charge is 0.493 e. The molecule has 0 N–H and O–H groups in total. The zero-order valence-corrected chi connectivity index (χ0v) is 18.1. The first-order valence-corrected chi connectivity index (χ1v) is 10.8. The maximum atomic E-state index is 15.6. The van der Waals surface area contributed by atoms with Crippen LogP contribution in [0.1, 0.15) is 51.3 Å². The summed E-state index contributed by atoms with van der Waals surface area (Å²) < 4.78 is 53.2. The Bertz CT molecular complexity index is 1250. The van der Waals surface area contributed by atoms with Gasteiger partial charge in [-0.2, -0.15) is 0 Å². The molecule has 0 saturated heterocycles. The molecule has 3 aliphatic rings. The molecule has 0 spiro atoms. The lowest BCUT2D eigenvalue weighted by molar-refractivity contribution is 0.0426. The zero-order chi connectivity index (χ0) is 22.1. The number of halogens is 2. The molecule has 3 aliphatic heterocycles. The summed E-state index contributed by atoms with van der Waals surface area (Å²) in [6.07, 6.45) is 0.109. The van der Waals surface area contributed by atoms with Gasteiger partial charge in [0.05, 0.1) is 12.2 Å². The standard InChI is InChI=1S/C26H22F2O4/c1-12-4-5-19(27)25-23(12)31-26(32-25)18-9-14(3)17-11-20(30-24(17)22(18)28)15-8-13(2)16-6-7-29-21(16)10-15/h4-5,8-10,20,26H,6-7,11H2,1-3H3. The topological polar surface area (TPSA) is 36.9 Å². The molecule has 0 fully saturated rings. The van der Waals surface area contributed by atoms with Crippen molar-refractivity contribution in [1.82, 2.24) is 0 Å². The second-order valence-electron chi connectivity index (χ2n) is 8.72. The Morgan fingerprint density at radius 2 is 1.59 bits per heavy atom. The molecule has 0 radical (unpaired) electrons. The van der Waals surface area contributed by atoms with Crippen LogP contribution in [0.5, 0.6) is 23.0 Å². The lowest BCUT2D eigenvalue weighted by Crippen LogP contribution is -2.12. The first-order valence-electron chi connectivity index (χ1n) is 10.8. The van der Waals surface area contributed by atoms with Crippen molar-refractivity contribution in [2.24, 2.45) is 0 Å². The van der Waals surface area contributed by atoms with E-state index in [0.29, 0.717) is 18.8 Å². The van der Waals surface area contributed by atoms with E-state index in [-0.39, 0.29) is 23.2 Å². The molecule has 0 aromatic heterocycles. The number of ether oxygens (including phenoxy) is 4. The molecule has 164 valence electrons. The van der Waals surface area contributed by atoms with Crippen LogP contribution in [0.3, 0.4) is 0 Å². The van der Waals surface area contributed by atoms with E-state index < -0.39 is 17.9 Å². The lowest BCUT2D eigenvalue weighted by Gasteiger charge is -2.16. The van der Waals surface area contributed by atoms with Gasteiger partial charge < -0.3 is 18.9 Å². The molecule has 6 rings (SSSR count). The van der Waals surface area contributed by atoms with Crippen LogP contribution in [-0.4, -0.2) is 6.61 Å². The first kappa shape index (κ1) is 19.4. The first-order chi connectivity index (χ1) is 15.4. The molecule has 0 aliphatic carbocycles. The minimum Gasteiger partial charge on any atom is -0.493 e. The van der Waals surface area contributed by atoms with Crippen LogP contribution < -0.4 is 18.9 Å². The van der Waals surface area contributed by atoms with Gasteiger partial charge in [-0.15, -0.1) is 0 Å². The van der Waals surface area contributed by atoms with Crippen molar-refractivity contribution >= 4 is 0 Å². The van der Waals surface area contributed by atoms with Gasteiger partial charge in [-0.3, -0.25) is 0 Å². The number of hydrogen-bond acceptors (Lipinski definition) is 4. The highest BCUT2D eigenvalue weighted by Gasteiger charge is 2.37. The van der Waals surface area contributed by atoms with Gasteiger partial charge >= 0.3 is 0 Å². The van der Waals surface area contributed by atoms with E-state index in [1.54, 1.807) is 19.1 Å². The van der Waals surface area contributed by atoms with Crippen molar-refractivity contribution in [2.75, 3.05) is 6.61 Å². The van der Waals surface area contributed by atoms with Crippen molar-refractivity contribution in [2.45, 2.75) is 46.0 Å². The zero-order valence-electron chi connectivity index (χ0n) is 18.1. The van der Waals surface area contributed by atoms with Crippen molar-refractivity contribution in [3.05, 3.63) is 80.9 Å². The smallest absolute Gasteiger partial charge is 0.271 e. The third-order valence-corrected chi connectivity index (χ3v) is 6.62. The Morgan fingerprint density at radius 3 is 2.41 bits per heavy atom. The monoisotopic (exact) mass is 436 g/mol. The summed E-state index contributed by atoms with van der Waals surface area (Å²) in [6.45, 7) is 6.46. The molecule has 3 heterocycles. The van der Waals surface area contributed by atoms with E-state index in [4.69, 9.17) is 18.9 Å². The highest BCUT2D eigenvalue weighted by Crippen LogP contribution is 2.48. The number of rotatable bonds is 2. The molecule has 0 amide bonds. The fourth-order valence-corrected chi connectivity index (χ4v) is 4.90. The third kappa shape index (κ3) is 2.78. The van der Waals surface area contributed by atoms with E-state index in [2.05, 4.69) is 13.0 Å². The Hall–Kier alpha value is -3.28. The van der Waals surface area contributed by atoms with E-state index >= 15 is 4.39 Å². The molecule has 0 bridgehead atoms. The third-order valence-electron chi connectivity index (χ3n) is 6.62. The summed E-state index contributed by atoms with van der Waals surface area (Å²) in [7, 11) is 0. The molecular weight excluding hydrogens is 414 g/mol. The molecule has 3 aromatic rings. The summed E-state index contributed by atoms with van der Waals surface area (Å²) in [4.78, 5) is 0. The Labute approximate surface area is 184 Å². The minimum atomic E-state index is -1.07. The van der Waals surface area contributed by atoms with E-state index in [1.165, 1.54) is 11.6 Å². The molecule has 2 unspecified atom stereocenters. The molecule has 6 heteroatoms. The molecule has 4 nitrogen and oxygen atoms in total. The maximum Gasteiger partial charge on any atom is 0.271 e. The fourth-order valence-electron chi connectivity index (χ4n) is 4.90. The molecule has 3 aromatic carbocycles. The van der Waals surface area contributed by atoms with Crippen LogP contribution in [0.15, 0.2) is 30.3 Å². The van der Waals surface area contributed by atoms with E-state index in [0.717, 1.165) is 40.0 Å². The minimum absolute atomic E-state index is 0.0139. The summed E-state index contributed by atoms with van der Waals surface area (Å²) in [6, 6.07) is 8.75. The number of benzene rings is 3. The Balaban J connectivity index is 1.34. The predicted octanol–water partition coefficient (Wildman–Crippen LogP) is 5.97. The van der Waals surface area contributed by atoms with Crippen LogP contribution in [0, 0.1) is 32.4 Å². The van der Waals surface area contributed by atoms with Gasteiger partial charge in [-0.25, -0.2) is 8.78 Å². The number of aryl methyl sites for hydroxylation is 3. The average Bonchev–Trinajstić information content (AvgIpc) is 3.51. The molecule has 2 atom stereocenters. The van der Waals surface area contributed by atoms with Crippen LogP contribution in [-0.2, 0) is 12.8 Å². The quantitative estimate of drug-likeness (QED) is 0.496. The molecular formula is C26H22F2O4. The van der Waals surface area contributed by atoms with Crippen molar-refractivity contribution in [3.63, 3.8) is 0 Å². The van der Waals surface area contributed by atoms with Crippen LogP contribution in [0.25, 0.3) is 0 Å². The Kier molecular flexibility index (Phi) is 4.16. The molecule has 32 heavy (non-hydrogen) atoms. The normalized spacial score (nSPS) is 20.0. The predicted molar refractivity (Wildman–Crippen MR) is 114 cm³/mol. The maximum absolute atomic E-state index is 15.6. The second-order valence-corrected chi connectivity index (χ2v) is 8.72. The van der Waals surface area contributed by atoms with Gasteiger partial charge in [0.15, 0.2) is 23.1 Å². The highest BCUT2D eigenvalue weighted by molar-refractivity contribution is 5.54. The second kappa shape index (κ2) is 6.86. The van der Waals surface area contributed by atoms with E-state index in [9.17, 15) is 4.39 Å². The van der Waals surface area contributed by atoms with Crippen LogP contribution in [0.4, 0.5) is 8.78 Å². The van der Waals surface area contributed by atoms with Gasteiger partial charge in [0.25, 0.3) is 6.29 Å². The van der Waals surface area contributed by atoms with Gasteiger partial charge in [0.2, 0.25) is 5.75 Å². The molecule has 0 saturated carbocycles. The average molecular weight is 436 g/mol. The lowest BCUT2D eigenvalue weighted by atomic mass is 9.95. The highest BCUT2D eigenvalue weighted by atomic mass is 19.1. The summed E-state index contributed by atoms with van der Waals surface area (Å²) in [5, 5.41) is 0. The SMILES string of the molecule is Cc1cc(C2Cc3c(C)cc(C4Oc5c(C)ccc(F)c5O4)c(F)c3O2)cc2c1CCO2. The van der Waals surface area contributed by atoms with Crippen molar-refractivity contribution in [3.8, 4) is 23.0 Å². The van der Waals surface area contributed by atoms with Gasteiger partial charge in [0.1, 0.15) is 11.9 Å². The summed E-state index contributed by atoms with van der Waals surface area (Å²) in [5.74, 6) is 0.361. The van der Waals surface area contributed by atoms with Gasteiger partial charge in [0, 0.05) is 24.0 Å². The van der Waals surface area contributed by atoms with Crippen LogP contribution >= 0.6 is 0 Å². The van der Waals surface area contributed by atoms with Gasteiger partial charge in [-0.1, -0.05) is 12.1 Å².